The number of rotatable bonds is 5. The van der Waals surface area contributed by atoms with E-state index in [0.717, 1.165) is 10.1 Å². The van der Waals surface area contributed by atoms with Crippen molar-refractivity contribution in [3.05, 3.63) is 63.1 Å². The van der Waals surface area contributed by atoms with Gasteiger partial charge in [0.15, 0.2) is 16.3 Å². The van der Waals surface area contributed by atoms with Crippen molar-refractivity contribution in [1.29, 1.82) is 0 Å². The third kappa shape index (κ3) is 3.89. The summed E-state index contributed by atoms with van der Waals surface area (Å²) in [6.45, 7) is 0.135. The summed E-state index contributed by atoms with van der Waals surface area (Å²) in [6, 6.07) is 9.48. The molecule has 2 aromatic heterocycles. The zero-order valence-corrected chi connectivity index (χ0v) is 17.6. The quantitative estimate of drug-likeness (QED) is 0.537. The first-order valence-electron chi connectivity index (χ1n) is 9.31. The number of nitrogens with zero attached hydrogens (tertiary/aromatic N) is 6. The maximum absolute atomic E-state index is 12.5. The van der Waals surface area contributed by atoms with Gasteiger partial charge in [-0.05, 0) is 5.56 Å². The first kappa shape index (κ1) is 20.6. The standard InChI is InChI=1S/C19H19N7O4S/c1-23-16-15(17(29)24(2)19(23)30)25(11-20-16)9-13(27)21-22-18-26(14(28)10-31-18)8-12-6-4-3-5-7-12/h3-7,11H,8-10H2,1-2H3,(H,21,27)/b22-18+. The highest BCUT2D eigenvalue weighted by molar-refractivity contribution is 8.15. The first-order valence-corrected chi connectivity index (χ1v) is 10.3. The molecule has 0 unspecified atom stereocenters. The number of hydrogen-bond donors (Lipinski definition) is 1. The lowest BCUT2D eigenvalue weighted by Crippen LogP contribution is -2.38. The van der Waals surface area contributed by atoms with Gasteiger partial charge in [-0.1, -0.05) is 42.1 Å². The molecule has 1 aliphatic heterocycles. The fourth-order valence-electron chi connectivity index (χ4n) is 3.22. The second-order valence-corrected chi connectivity index (χ2v) is 7.88. The van der Waals surface area contributed by atoms with Gasteiger partial charge in [0.2, 0.25) is 5.91 Å². The van der Waals surface area contributed by atoms with Crippen LogP contribution in [0.3, 0.4) is 0 Å². The van der Waals surface area contributed by atoms with Crippen LogP contribution in [0.4, 0.5) is 0 Å². The van der Waals surface area contributed by atoms with E-state index in [1.54, 1.807) is 0 Å². The van der Waals surface area contributed by atoms with Gasteiger partial charge in [0.25, 0.3) is 11.5 Å². The Labute approximate surface area is 180 Å². The van der Waals surface area contributed by atoms with Crippen LogP contribution in [0.5, 0.6) is 0 Å². The van der Waals surface area contributed by atoms with Gasteiger partial charge < -0.3 is 4.57 Å². The van der Waals surface area contributed by atoms with E-state index in [4.69, 9.17) is 0 Å². The molecule has 0 bridgehead atoms. The highest BCUT2D eigenvalue weighted by Gasteiger charge is 2.28. The number of aryl methyl sites for hydroxylation is 1. The maximum atomic E-state index is 12.5. The van der Waals surface area contributed by atoms with E-state index in [1.807, 2.05) is 30.3 Å². The van der Waals surface area contributed by atoms with Crippen LogP contribution in [0.1, 0.15) is 5.56 Å². The van der Waals surface area contributed by atoms with E-state index in [1.165, 1.54) is 46.2 Å². The molecule has 1 aliphatic rings. The number of aromatic nitrogens is 4. The summed E-state index contributed by atoms with van der Waals surface area (Å²) in [4.78, 5) is 54.7. The van der Waals surface area contributed by atoms with Crippen LogP contribution in [0.15, 0.2) is 51.3 Å². The van der Waals surface area contributed by atoms with Crippen LogP contribution in [0.2, 0.25) is 0 Å². The van der Waals surface area contributed by atoms with Crippen LogP contribution in [-0.2, 0) is 36.8 Å². The summed E-state index contributed by atoms with van der Waals surface area (Å²) in [7, 11) is 2.87. The van der Waals surface area contributed by atoms with Crippen molar-refractivity contribution in [2.45, 2.75) is 13.1 Å². The number of benzene rings is 1. The SMILES string of the molecule is Cn1c(=O)c2c(ncn2CC(=O)N/N=C2/SCC(=O)N2Cc2ccccc2)n(C)c1=O. The van der Waals surface area contributed by atoms with Crippen LogP contribution in [0.25, 0.3) is 11.2 Å². The van der Waals surface area contributed by atoms with E-state index in [2.05, 4.69) is 15.5 Å². The Morgan fingerprint density at radius 3 is 2.65 bits per heavy atom. The molecule has 1 aromatic carbocycles. The average molecular weight is 441 g/mol. The van der Waals surface area contributed by atoms with Crippen molar-refractivity contribution >= 4 is 39.9 Å². The number of amidine groups is 1. The predicted octanol–water partition coefficient (Wildman–Crippen LogP) is -0.403. The Bertz CT molecular complexity index is 1320. The van der Waals surface area contributed by atoms with Crippen molar-refractivity contribution in [2.75, 3.05) is 5.75 Å². The van der Waals surface area contributed by atoms with Crippen LogP contribution in [0, 0.1) is 0 Å². The molecule has 31 heavy (non-hydrogen) atoms. The minimum Gasteiger partial charge on any atom is -0.315 e. The van der Waals surface area contributed by atoms with Crippen LogP contribution >= 0.6 is 11.8 Å². The van der Waals surface area contributed by atoms with Crippen LogP contribution in [-0.4, -0.2) is 46.3 Å². The van der Waals surface area contributed by atoms with Crippen molar-refractivity contribution in [2.24, 2.45) is 19.2 Å². The number of hydrazone groups is 1. The maximum Gasteiger partial charge on any atom is 0.332 e. The van der Waals surface area contributed by atoms with Crippen LogP contribution < -0.4 is 16.7 Å². The lowest BCUT2D eigenvalue weighted by Gasteiger charge is -2.15. The molecule has 2 amide bonds. The number of thioether (sulfide) groups is 1. The summed E-state index contributed by atoms with van der Waals surface area (Å²) in [5.41, 5.74) is 2.67. The second kappa shape index (κ2) is 8.22. The number of fused-ring (bicyclic) bond motifs is 1. The highest BCUT2D eigenvalue weighted by Crippen LogP contribution is 2.21. The molecule has 0 aliphatic carbocycles. The molecule has 0 radical (unpaired) electrons. The Hall–Kier alpha value is -3.67. The summed E-state index contributed by atoms with van der Waals surface area (Å²) in [5.74, 6) is -0.341. The van der Waals surface area contributed by atoms with E-state index in [-0.39, 0.29) is 29.4 Å². The molecule has 160 valence electrons. The van der Waals surface area contributed by atoms with Crippen molar-refractivity contribution in [3.63, 3.8) is 0 Å². The van der Waals surface area contributed by atoms with Gasteiger partial charge in [-0.3, -0.25) is 28.4 Å². The van der Waals surface area contributed by atoms with Gasteiger partial charge >= 0.3 is 5.69 Å². The fraction of sp³-hybridized carbons (Fsp3) is 0.263. The van der Waals surface area contributed by atoms with Crippen molar-refractivity contribution < 1.29 is 9.59 Å². The molecule has 1 N–H and O–H groups in total. The normalized spacial score (nSPS) is 15.2. The minimum absolute atomic E-state index is 0.0909. The summed E-state index contributed by atoms with van der Waals surface area (Å²) in [5, 5.41) is 4.50. The number of carbonyl (C=O) groups excluding carboxylic acids is 2. The summed E-state index contributed by atoms with van der Waals surface area (Å²) < 4.78 is 3.57. The lowest BCUT2D eigenvalue weighted by atomic mass is 10.2. The largest absolute Gasteiger partial charge is 0.332 e. The Morgan fingerprint density at radius 2 is 1.90 bits per heavy atom. The molecule has 1 saturated heterocycles. The molecule has 11 nitrogen and oxygen atoms in total. The molecular formula is C19H19N7O4S. The molecule has 1 fully saturated rings. The van der Waals surface area contributed by atoms with Gasteiger partial charge in [-0.15, -0.1) is 5.10 Å². The first-order chi connectivity index (χ1) is 14.9. The Kier molecular flexibility index (Phi) is 5.46. The fourth-order valence-corrected chi connectivity index (χ4v) is 4.06. The molecule has 0 atom stereocenters. The number of imidazole rings is 1. The number of carbonyl (C=O) groups is 2. The van der Waals surface area contributed by atoms with E-state index in [9.17, 15) is 19.2 Å². The number of nitrogens with one attached hydrogen (secondary N) is 1. The lowest BCUT2D eigenvalue weighted by molar-refractivity contribution is -0.125. The zero-order chi connectivity index (χ0) is 22.1. The van der Waals surface area contributed by atoms with Crippen molar-refractivity contribution in [3.8, 4) is 0 Å². The molecule has 0 saturated carbocycles. The van der Waals surface area contributed by atoms with Gasteiger partial charge in [0.05, 0.1) is 18.6 Å². The molecule has 0 spiro atoms. The van der Waals surface area contributed by atoms with Gasteiger partial charge in [-0.2, -0.15) is 0 Å². The molecular weight excluding hydrogens is 422 g/mol. The van der Waals surface area contributed by atoms with Gasteiger partial charge in [0.1, 0.15) is 6.54 Å². The topological polar surface area (TPSA) is 124 Å². The van der Waals surface area contributed by atoms with Gasteiger partial charge in [-0.25, -0.2) is 15.2 Å². The molecule has 12 heteroatoms. The molecule has 4 rings (SSSR count). The Morgan fingerprint density at radius 1 is 1.16 bits per heavy atom. The van der Waals surface area contributed by atoms with Crippen molar-refractivity contribution in [1.82, 2.24) is 29.0 Å². The third-order valence-corrected chi connectivity index (χ3v) is 5.81. The predicted molar refractivity (Wildman–Crippen MR) is 115 cm³/mol. The average Bonchev–Trinajstić information content (AvgIpc) is 3.34. The summed E-state index contributed by atoms with van der Waals surface area (Å²) >= 11 is 1.24. The second-order valence-electron chi connectivity index (χ2n) is 6.93. The number of amides is 2. The minimum atomic E-state index is -0.541. The zero-order valence-electron chi connectivity index (χ0n) is 16.8. The van der Waals surface area contributed by atoms with E-state index >= 15 is 0 Å². The monoisotopic (exact) mass is 441 g/mol. The molecule has 3 heterocycles. The van der Waals surface area contributed by atoms with E-state index < -0.39 is 17.2 Å². The summed E-state index contributed by atoms with van der Waals surface area (Å²) in [6.07, 6.45) is 1.33. The Balaban J connectivity index is 1.51. The highest BCUT2D eigenvalue weighted by atomic mass is 32.2. The van der Waals surface area contributed by atoms with Gasteiger partial charge in [0, 0.05) is 14.1 Å². The third-order valence-electron chi connectivity index (χ3n) is 4.85. The molecule has 3 aromatic rings. The van der Waals surface area contributed by atoms with E-state index in [0.29, 0.717) is 11.7 Å². The number of hydrogen-bond acceptors (Lipinski definition) is 7. The smallest absolute Gasteiger partial charge is 0.315 e.